The van der Waals surface area contributed by atoms with E-state index in [0.717, 1.165) is 15.8 Å². The highest BCUT2D eigenvalue weighted by atomic mass is 79.9. The minimum absolute atomic E-state index is 0.445. The molecule has 0 spiro atoms. The standard InChI is InChI=1S/C12H14BrN3OS/c1-3-6-14-12(18)16-15-8-9-7-10(13)4-5-11(9)17-2/h3-5,7-8H,1,6H2,2H3,(H2,14,16,18)/b15-8-. The molecular formula is C12H14BrN3OS. The van der Waals surface area contributed by atoms with E-state index in [1.807, 2.05) is 18.2 Å². The van der Waals surface area contributed by atoms with Crippen molar-refractivity contribution < 1.29 is 4.74 Å². The van der Waals surface area contributed by atoms with E-state index in [2.05, 4.69) is 38.4 Å². The highest BCUT2D eigenvalue weighted by molar-refractivity contribution is 9.10. The zero-order valence-electron chi connectivity index (χ0n) is 9.94. The number of nitrogens with zero attached hydrogens (tertiary/aromatic N) is 1. The number of hydrogen-bond acceptors (Lipinski definition) is 3. The quantitative estimate of drug-likeness (QED) is 0.377. The van der Waals surface area contributed by atoms with Crippen molar-refractivity contribution in [1.29, 1.82) is 0 Å². The van der Waals surface area contributed by atoms with Crippen molar-refractivity contribution in [2.24, 2.45) is 5.10 Å². The van der Waals surface area contributed by atoms with Crippen LogP contribution in [-0.2, 0) is 0 Å². The minimum atomic E-state index is 0.445. The van der Waals surface area contributed by atoms with Crippen LogP contribution in [0.2, 0.25) is 0 Å². The summed E-state index contributed by atoms with van der Waals surface area (Å²) >= 11 is 8.39. The average Bonchev–Trinajstić information content (AvgIpc) is 2.36. The summed E-state index contributed by atoms with van der Waals surface area (Å²) in [7, 11) is 1.62. The van der Waals surface area contributed by atoms with E-state index in [1.54, 1.807) is 19.4 Å². The van der Waals surface area contributed by atoms with Crippen LogP contribution in [0.5, 0.6) is 5.75 Å². The Bertz CT molecular complexity index is 463. The van der Waals surface area contributed by atoms with Gasteiger partial charge >= 0.3 is 0 Å². The van der Waals surface area contributed by atoms with E-state index < -0.39 is 0 Å². The van der Waals surface area contributed by atoms with Gasteiger partial charge in [0.25, 0.3) is 0 Å². The molecule has 0 fully saturated rings. The van der Waals surface area contributed by atoms with E-state index in [9.17, 15) is 0 Å². The second kappa shape index (κ2) is 7.84. The van der Waals surface area contributed by atoms with Crippen LogP contribution >= 0.6 is 28.1 Å². The Hall–Kier alpha value is -1.40. The van der Waals surface area contributed by atoms with Crippen LogP contribution in [0.4, 0.5) is 0 Å². The fourth-order valence-electron chi connectivity index (χ4n) is 1.17. The second-order valence-electron chi connectivity index (χ2n) is 3.25. The first-order chi connectivity index (χ1) is 8.67. The molecule has 18 heavy (non-hydrogen) atoms. The van der Waals surface area contributed by atoms with Crippen molar-refractivity contribution in [3.8, 4) is 5.75 Å². The lowest BCUT2D eigenvalue weighted by Gasteiger charge is -2.06. The van der Waals surface area contributed by atoms with Crippen LogP contribution in [0.1, 0.15) is 5.56 Å². The molecule has 0 unspecified atom stereocenters. The first-order valence-corrected chi connectivity index (χ1v) is 6.39. The van der Waals surface area contributed by atoms with Gasteiger partial charge in [-0.1, -0.05) is 22.0 Å². The lowest BCUT2D eigenvalue weighted by molar-refractivity contribution is 0.414. The average molecular weight is 328 g/mol. The number of halogens is 1. The lowest BCUT2D eigenvalue weighted by Crippen LogP contribution is -2.31. The molecule has 0 saturated carbocycles. The number of benzene rings is 1. The largest absolute Gasteiger partial charge is 0.496 e. The lowest BCUT2D eigenvalue weighted by atomic mass is 10.2. The molecule has 0 bridgehead atoms. The summed E-state index contributed by atoms with van der Waals surface area (Å²) in [6, 6.07) is 5.67. The normalized spacial score (nSPS) is 10.1. The number of rotatable bonds is 5. The van der Waals surface area contributed by atoms with Gasteiger partial charge in [-0.3, -0.25) is 5.43 Å². The Morgan fingerprint density at radius 1 is 1.61 bits per heavy atom. The van der Waals surface area contributed by atoms with Crippen molar-refractivity contribution in [2.45, 2.75) is 0 Å². The number of hydrogen-bond donors (Lipinski definition) is 2. The maximum atomic E-state index is 5.22. The summed E-state index contributed by atoms with van der Waals surface area (Å²) < 4.78 is 6.18. The monoisotopic (exact) mass is 327 g/mol. The third-order valence-corrected chi connectivity index (χ3v) is 2.70. The van der Waals surface area contributed by atoms with Crippen LogP contribution in [-0.4, -0.2) is 25.0 Å². The minimum Gasteiger partial charge on any atom is -0.496 e. The predicted molar refractivity (Wildman–Crippen MR) is 82.2 cm³/mol. The van der Waals surface area contributed by atoms with E-state index in [0.29, 0.717) is 11.7 Å². The van der Waals surface area contributed by atoms with Gasteiger partial charge in [0.15, 0.2) is 5.11 Å². The van der Waals surface area contributed by atoms with Gasteiger partial charge in [-0.15, -0.1) is 6.58 Å². The van der Waals surface area contributed by atoms with Gasteiger partial charge in [0, 0.05) is 16.6 Å². The summed E-state index contributed by atoms with van der Waals surface area (Å²) in [5.74, 6) is 0.744. The molecule has 0 amide bonds. The highest BCUT2D eigenvalue weighted by Gasteiger charge is 2.00. The molecule has 0 radical (unpaired) electrons. The molecule has 1 aromatic rings. The zero-order chi connectivity index (χ0) is 13.4. The molecule has 0 aromatic heterocycles. The molecule has 1 aromatic carbocycles. The summed E-state index contributed by atoms with van der Waals surface area (Å²) in [5, 5.41) is 7.38. The SMILES string of the molecule is C=CCNC(=S)N/N=C\c1cc(Br)ccc1OC. The Morgan fingerprint density at radius 3 is 3.06 bits per heavy atom. The topological polar surface area (TPSA) is 45.7 Å². The summed E-state index contributed by atoms with van der Waals surface area (Å²) in [6.45, 7) is 4.18. The third-order valence-electron chi connectivity index (χ3n) is 1.97. The fraction of sp³-hybridized carbons (Fsp3) is 0.167. The van der Waals surface area contributed by atoms with Crippen molar-refractivity contribution in [1.82, 2.24) is 10.7 Å². The van der Waals surface area contributed by atoms with E-state index in [4.69, 9.17) is 17.0 Å². The van der Waals surface area contributed by atoms with E-state index in [1.165, 1.54) is 0 Å². The molecule has 0 aliphatic rings. The molecular weight excluding hydrogens is 314 g/mol. The molecule has 4 nitrogen and oxygen atoms in total. The van der Waals surface area contributed by atoms with Gasteiger partial charge in [-0.05, 0) is 30.4 Å². The number of methoxy groups -OCH3 is 1. The van der Waals surface area contributed by atoms with Crippen LogP contribution in [0.15, 0.2) is 40.4 Å². The van der Waals surface area contributed by atoms with Gasteiger partial charge in [-0.25, -0.2) is 0 Å². The van der Waals surface area contributed by atoms with Crippen LogP contribution < -0.4 is 15.5 Å². The zero-order valence-corrected chi connectivity index (χ0v) is 12.3. The second-order valence-corrected chi connectivity index (χ2v) is 4.58. The predicted octanol–water partition coefficient (Wildman–Crippen LogP) is 2.44. The number of ether oxygens (including phenoxy) is 1. The van der Waals surface area contributed by atoms with Crippen molar-refractivity contribution in [3.05, 3.63) is 40.9 Å². The fourth-order valence-corrected chi connectivity index (χ4v) is 1.69. The van der Waals surface area contributed by atoms with Crippen LogP contribution in [0, 0.1) is 0 Å². The van der Waals surface area contributed by atoms with Crippen LogP contribution in [0.3, 0.4) is 0 Å². The maximum absolute atomic E-state index is 5.22. The summed E-state index contributed by atoms with van der Waals surface area (Å²) in [6.07, 6.45) is 3.36. The molecule has 6 heteroatoms. The van der Waals surface area contributed by atoms with Crippen LogP contribution in [0.25, 0.3) is 0 Å². The molecule has 0 aliphatic heterocycles. The number of hydrazone groups is 1. The Labute approximate surface area is 120 Å². The maximum Gasteiger partial charge on any atom is 0.187 e. The molecule has 2 N–H and O–H groups in total. The molecule has 0 atom stereocenters. The summed E-state index contributed by atoms with van der Waals surface area (Å²) in [5.41, 5.74) is 3.56. The number of nitrogens with one attached hydrogen (secondary N) is 2. The summed E-state index contributed by atoms with van der Waals surface area (Å²) in [4.78, 5) is 0. The van der Waals surface area contributed by atoms with E-state index >= 15 is 0 Å². The van der Waals surface area contributed by atoms with Gasteiger partial charge in [0.05, 0.1) is 13.3 Å². The van der Waals surface area contributed by atoms with E-state index in [-0.39, 0.29) is 0 Å². The molecule has 0 saturated heterocycles. The molecule has 96 valence electrons. The highest BCUT2D eigenvalue weighted by Crippen LogP contribution is 2.21. The van der Waals surface area contributed by atoms with Gasteiger partial charge < -0.3 is 10.1 Å². The Balaban J connectivity index is 2.63. The van der Waals surface area contributed by atoms with Crippen molar-refractivity contribution in [2.75, 3.05) is 13.7 Å². The molecule has 0 aliphatic carbocycles. The first kappa shape index (κ1) is 14.7. The first-order valence-electron chi connectivity index (χ1n) is 5.18. The third kappa shape index (κ3) is 4.85. The van der Waals surface area contributed by atoms with Gasteiger partial charge in [0.1, 0.15) is 5.75 Å². The van der Waals surface area contributed by atoms with Crippen molar-refractivity contribution >= 4 is 39.5 Å². The smallest absolute Gasteiger partial charge is 0.187 e. The number of thiocarbonyl (C=S) groups is 1. The van der Waals surface area contributed by atoms with Crippen molar-refractivity contribution in [3.63, 3.8) is 0 Å². The molecule has 0 heterocycles. The Kier molecular flexibility index (Phi) is 6.38. The Morgan fingerprint density at radius 2 is 2.39 bits per heavy atom. The molecule has 1 rings (SSSR count). The van der Waals surface area contributed by atoms with Gasteiger partial charge in [0.2, 0.25) is 0 Å². The van der Waals surface area contributed by atoms with Gasteiger partial charge in [-0.2, -0.15) is 5.10 Å².